The molecule has 3 nitrogen and oxygen atoms in total. The van der Waals surface area contributed by atoms with E-state index in [1.54, 1.807) is 0 Å². The smallest absolute Gasteiger partial charge is 0.227 e. The highest BCUT2D eigenvalue weighted by Crippen LogP contribution is 2.38. The molecule has 1 aliphatic carbocycles. The van der Waals surface area contributed by atoms with E-state index in [0.717, 1.165) is 38.9 Å². The lowest BCUT2D eigenvalue weighted by Gasteiger charge is -2.39. The van der Waals surface area contributed by atoms with Crippen LogP contribution < -0.4 is 10.6 Å². The maximum Gasteiger partial charge on any atom is 0.227 e. The van der Waals surface area contributed by atoms with Crippen LogP contribution in [0.15, 0.2) is 0 Å². The van der Waals surface area contributed by atoms with Gasteiger partial charge in [0, 0.05) is 17.8 Å². The van der Waals surface area contributed by atoms with Crippen molar-refractivity contribution in [3.63, 3.8) is 0 Å². The number of nitrogens with one attached hydrogen (secondary N) is 2. The van der Waals surface area contributed by atoms with Crippen molar-refractivity contribution < 1.29 is 4.79 Å². The van der Waals surface area contributed by atoms with E-state index in [9.17, 15) is 4.79 Å². The van der Waals surface area contributed by atoms with Gasteiger partial charge in [0.15, 0.2) is 0 Å². The molecule has 0 aromatic rings. The summed E-state index contributed by atoms with van der Waals surface area (Å²) in [4.78, 5) is 12.7. The highest BCUT2D eigenvalue weighted by molar-refractivity contribution is 8.00. The fourth-order valence-corrected chi connectivity index (χ4v) is 4.62. The van der Waals surface area contributed by atoms with Gasteiger partial charge in [-0.3, -0.25) is 4.79 Å². The Morgan fingerprint density at radius 3 is 2.50 bits per heavy atom. The van der Waals surface area contributed by atoms with Gasteiger partial charge >= 0.3 is 0 Å². The van der Waals surface area contributed by atoms with Crippen molar-refractivity contribution in [2.75, 3.05) is 25.9 Å². The van der Waals surface area contributed by atoms with Gasteiger partial charge in [-0.15, -0.1) is 0 Å². The Hall–Kier alpha value is -0.220. The van der Waals surface area contributed by atoms with Gasteiger partial charge in [0.1, 0.15) is 0 Å². The maximum atomic E-state index is 12.7. The quantitative estimate of drug-likeness (QED) is 0.820. The van der Waals surface area contributed by atoms with Gasteiger partial charge in [-0.05, 0) is 44.9 Å². The summed E-state index contributed by atoms with van der Waals surface area (Å²) < 4.78 is 0.297. The molecule has 20 heavy (non-hydrogen) atoms. The molecule has 0 spiro atoms. The van der Waals surface area contributed by atoms with Crippen molar-refractivity contribution >= 4 is 17.7 Å². The van der Waals surface area contributed by atoms with Crippen molar-refractivity contribution in [1.82, 2.24) is 10.6 Å². The van der Waals surface area contributed by atoms with E-state index in [1.807, 2.05) is 11.8 Å². The minimum absolute atomic E-state index is 0.160. The van der Waals surface area contributed by atoms with Crippen LogP contribution >= 0.6 is 11.8 Å². The van der Waals surface area contributed by atoms with Gasteiger partial charge < -0.3 is 10.6 Å². The third-order valence-corrected chi connectivity index (χ3v) is 6.82. The zero-order valence-electron chi connectivity index (χ0n) is 13.1. The van der Waals surface area contributed by atoms with Crippen LogP contribution in [0.1, 0.15) is 58.3 Å². The largest absolute Gasteiger partial charge is 0.354 e. The molecule has 4 heteroatoms. The topological polar surface area (TPSA) is 41.1 Å². The average molecular weight is 298 g/mol. The van der Waals surface area contributed by atoms with E-state index in [2.05, 4.69) is 23.8 Å². The molecule has 2 fully saturated rings. The second-order valence-corrected chi connectivity index (χ2v) is 7.82. The molecule has 1 saturated heterocycles. The summed E-state index contributed by atoms with van der Waals surface area (Å²) in [5.41, 5.74) is -0.160. The zero-order chi connectivity index (χ0) is 14.5. The van der Waals surface area contributed by atoms with Crippen LogP contribution in [0.5, 0.6) is 0 Å². The predicted molar refractivity (Wildman–Crippen MR) is 87.2 cm³/mol. The number of amides is 1. The van der Waals surface area contributed by atoms with Crippen LogP contribution in [0, 0.1) is 5.41 Å². The normalized spacial score (nSPS) is 29.9. The first-order valence-electron chi connectivity index (χ1n) is 8.21. The molecule has 0 aromatic carbocycles. The fraction of sp³-hybridized carbons (Fsp3) is 0.938. The summed E-state index contributed by atoms with van der Waals surface area (Å²) >= 11 is 1.96. The molecule has 2 N–H and O–H groups in total. The SMILES string of the molecule is CCC1(C(=O)NCC2(SC)CCCCC2)CCCNC1. The van der Waals surface area contributed by atoms with Crippen LogP contribution in [0.3, 0.4) is 0 Å². The fourth-order valence-electron chi connectivity index (χ4n) is 3.70. The lowest BCUT2D eigenvalue weighted by atomic mass is 9.77. The predicted octanol–water partition coefficient (Wildman–Crippen LogP) is 2.95. The third-order valence-electron chi connectivity index (χ3n) is 5.40. The molecule has 1 atom stereocenters. The Bertz CT molecular complexity index is 320. The Labute approximate surface area is 128 Å². The Morgan fingerprint density at radius 1 is 1.20 bits per heavy atom. The van der Waals surface area contributed by atoms with Crippen LogP contribution in [0.4, 0.5) is 0 Å². The summed E-state index contributed by atoms with van der Waals surface area (Å²) in [6.07, 6.45) is 11.8. The number of hydrogen-bond acceptors (Lipinski definition) is 3. The van der Waals surface area contributed by atoms with Crippen LogP contribution in [-0.4, -0.2) is 36.5 Å². The monoisotopic (exact) mass is 298 g/mol. The van der Waals surface area contributed by atoms with Gasteiger partial charge in [0.2, 0.25) is 5.91 Å². The molecule has 1 saturated carbocycles. The molecular formula is C16H30N2OS. The van der Waals surface area contributed by atoms with E-state index in [4.69, 9.17) is 0 Å². The molecular weight excluding hydrogens is 268 g/mol. The van der Waals surface area contributed by atoms with Crippen molar-refractivity contribution in [3.8, 4) is 0 Å². The van der Waals surface area contributed by atoms with Gasteiger partial charge in [0.05, 0.1) is 5.41 Å². The van der Waals surface area contributed by atoms with Gasteiger partial charge in [-0.25, -0.2) is 0 Å². The molecule has 0 aromatic heterocycles. The molecule has 1 unspecified atom stereocenters. The number of rotatable bonds is 5. The Morgan fingerprint density at radius 2 is 1.95 bits per heavy atom. The lowest BCUT2D eigenvalue weighted by molar-refractivity contribution is -0.132. The van der Waals surface area contributed by atoms with Gasteiger partial charge in [-0.2, -0.15) is 11.8 Å². The maximum absolute atomic E-state index is 12.7. The number of piperidine rings is 1. The Balaban J connectivity index is 1.92. The van der Waals surface area contributed by atoms with Crippen LogP contribution in [0.2, 0.25) is 0 Å². The summed E-state index contributed by atoms with van der Waals surface area (Å²) in [7, 11) is 0. The molecule has 1 aliphatic heterocycles. The Kier molecular flexibility index (Phi) is 5.79. The van der Waals surface area contributed by atoms with E-state index in [0.29, 0.717) is 4.75 Å². The molecule has 2 rings (SSSR count). The van der Waals surface area contributed by atoms with Crippen molar-refractivity contribution in [2.45, 2.75) is 63.0 Å². The highest BCUT2D eigenvalue weighted by Gasteiger charge is 2.39. The van der Waals surface area contributed by atoms with Crippen molar-refractivity contribution in [2.24, 2.45) is 5.41 Å². The zero-order valence-corrected chi connectivity index (χ0v) is 13.9. The first-order valence-corrected chi connectivity index (χ1v) is 9.43. The minimum atomic E-state index is -0.160. The van der Waals surface area contributed by atoms with E-state index in [1.165, 1.54) is 32.1 Å². The molecule has 1 amide bonds. The molecule has 0 bridgehead atoms. The first kappa shape index (κ1) is 16.2. The standard InChI is InChI=1S/C16H30N2OS/c1-3-15(8-7-11-17-12-15)14(19)18-13-16(20-2)9-5-4-6-10-16/h17H,3-13H2,1-2H3,(H,18,19). The lowest BCUT2D eigenvalue weighted by Crippen LogP contribution is -2.53. The number of carbonyl (C=O) groups is 1. The van der Waals surface area contributed by atoms with Gasteiger partial charge in [0.25, 0.3) is 0 Å². The summed E-state index contributed by atoms with van der Waals surface area (Å²) in [5, 5.41) is 6.71. The van der Waals surface area contributed by atoms with E-state index in [-0.39, 0.29) is 11.3 Å². The molecule has 1 heterocycles. The summed E-state index contributed by atoms with van der Waals surface area (Å²) in [5.74, 6) is 0.284. The third kappa shape index (κ3) is 3.51. The number of carbonyl (C=O) groups excluding carboxylic acids is 1. The van der Waals surface area contributed by atoms with Gasteiger partial charge in [-0.1, -0.05) is 26.2 Å². The van der Waals surface area contributed by atoms with Crippen LogP contribution in [0.25, 0.3) is 0 Å². The second kappa shape index (κ2) is 7.17. The number of thioether (sulfide) groups is 1. The molecule has 116 valence electrons. The van der Waals surface area contributed by atoms with E-state index < -0.39 is 0 Å². The second-order valence-electron chi connectivity index (χ2n) is 6.54. The summed E-state index contributed by atoms with van der Waals surface area (Å²) in [6.45, 7) is 4.91. The summed E-state index contributed by atoms with van der Waals surface area (Å²) in [6, 6.07) is 0. The average Bonchev–Trinajstić information content (AvgIpc) is 2.54. The van der Waals surface area contributed by atoms with Crippen molar-refractivity contribution in [1.29, 1.82) is 0 Å². The minimum Gasteiger partial charge on any atom is -0.354 e. The molecule has 0 radical (unpaired) electrons. The van der Waals surface area contributed by atoms with Crippen LogP contribution in [-0.2, 0) is 4.79 Å². The highest BCUT2D eigenvalue weighted by atomic mass is 32.2. The van der Waals surface area contributed by atoms with Crippen molar-refractivity contribution in [3.05, 3.63) is 0 Å². The molecule has 2 aliphatic rings. The number of hydrogen-bond donors (Lipinski definition) is 2. The van der Waals surface area contributed by atoms with E-state index >= 15 is 0 Å². The first-order chi connectivity index (χ1) is 9.66.